The molecule has 0 atom stereocenters. The summed E-state index contributed by atoms with van der Waals surface area (Å²) in [6.07, 6.45) is 10.1. The van der Waals surface area contributed by atoms with Gasteiger partial charge in [0, 0.05) is 6.20 Å². The van der Waals surface area contributed by atoms with E-state index in [4.69, 9.17) is 9.72 Å². The predicted octanol–water partition coefficient (Wildman–Crippen LogP) is 4.09. The molecule has 3 aromatic rings. The zero-order valence-electron chi connectivity index (χ0n) is 11.6. The largest absolute Gasteiger partial charge is 0.494 e. The van der Waals surface area contributed by atoms with Crippen molar-refractivity contribution in [2.24, 2.45) is 0 Å². The van der Waals surface area contributed by atoms with Gasteiger partial charge in [0.05, 0.1) is 23.8 Å². The molecule has 0 saturated carbocycles. The van der Waals surface area contributed by atoms with Gasteiger partial charge in [-0.25, -0.2) is 4.98 Å². The van der Waals surface area contributed by atoms with Gasteiger partial charge in [0.25, 0.3) is 0 Å². The molecule has 0 aliphatic carbocycles. The Morgan fingerprint density at radius 1 is 1.15 bits per heavy atom. The van der Waals surface area contributed by atoms with E-state index in [2.05, 4.69) is 10.5 Å². The van der Waals surface area contributed by atoms with Gasteiger partial charge < -0.3 is 9.14 Å². The van der Waals surface area contributed by atoms with Crippen molar-refractivity contribution in [3.63, 3.8) is 0 Å². The van der Waals surface area contributed by atoms with Gasteiger partial charge in [-0.2, -0.15) is 0 Å². The Labute approximate surface area is 117 Å². The number of ether oxygens (including phenoxy) is 1. The van der Waals surface area contributed by atoms with E-state index in [0.29, 0.717) is 0 Å². The van der Waals surface area contributed by atoms with Crippen LogP contribution in [0.15, 0.2) is 54.8 Å². The summed E-state index contributed by atoms with van der Waals surface area (Å²) < 4.78 is 7.57. The van der Waals surface area contributed by atoms with Crippen molar-refractivity contribution in [2.75, 3.05) is 7.11 Å². The SMILES string of the molecule is C/C=C/C=C/c1nc2cccc(OC)c2n2cccc12. The van der Waals surface area contributed by atoms with Gasteiger partial charge in [-0.05, 0) is 37.3 Å². The van der Waals surface area contributed by atoms with E-state index >= 15 is 0 Å². The van der Waals surface area contributed by atoms with E-state index in [1.165, 1.54) is 0 Å². The Balaban J connectivity index is 2.35. The molecule has 0 aliphatic rings. The number of allylic oxidation sites excluding steroid dienone is 3. The van der Waals surface area contributed by atoms with Gasteiger partial charge in [-0.15, -0.1) is 0 Å². The lowest BCUT2D eigenvalue weighted by atomic mass is 10.2. The van der Waals surface area contributed by atoms with Crippen molar-refractivity contribution in [3.8, 4) is 5.75 Å². The highest BCUT2D eigenvalue weighted by molar-refractivity contribution is 5.87. The Bertz CT molecular complexity index is 812. The molecular formula is C17H16N2O. The van der Waals surface area contributed by atoms with Crippen LogP contribution in [0.5, 0.6) is 5.75 Å². The van der Waals surface area contributed by atoms with Crippen molar-refractivity contribution in [2.45, 2.75) is 6.92 Å². The smallest absolute Gasteiger partial charge is 0.145 e. The molecule has 0 bridgehead atoms. The second-order valence-corrected chi connectivity index (χ2v) is 4.47. The van der Waals surface area contributed by atoms with Crippen LogP contribution in [0.3, 0.4) is 0 Å². The van der Waals surface area contributed by atoms with Gasteiger partial charge in [0.2, 0.25) is 0 Å². The van der Waals surface area contributed by atoms with E-state index in [-0.39, 0.29) is 0 Å². The third-order valence-corrected chi connectivity index (χ3v) is 3.25. The fourth-order valence-corrected chi connectivity index (χ4v) is 2.36. The zero-order chi connectivity index (χ0) is 13.9. The first-order valence-corrected chi connectivity index (χ1v) is 6.58. The Hall–Kier alpha value is -2.55. The number of nitrogens with zero attached hydrogens (tertiary/aromatic N) is 2. The molecule has 2 aromatic heterocycles. The fraction of sp³-hybridized carbons (Fsp3) is 0.118. The van der Waals surface area contributed by atoms with Crippen LogP contribution >= 0.6 is 0 Å². The minimum atomic E-state index is 0.834. The van der Waals surface area contributed by atoms with E-state index in [0.717, 1.165) is 28.0 Å². The molecule has 0 saturated heterocycles. The van der Waals surface area contributed by atoms with Crippen molar-refractivity contribution >= 4 is 22.6 Å². The number of para-hydroxylation sites is 1. The van der Waals surface area contributed by atoms with E-state index in [1.807, 2.05) is 61.7 Å². The first kappa shape index (κ1) is 12.5. The average Bonchev–Trinajstić information content (AvgIpc) is 2.96. The number of fused-ring (bicyclic) bond motifs is 3. The number of hydrogen-bond acceptors (Lipinski definition) is 2. The Kier molecular flexibility index (Phi) is 3.25. The quantitative estimate of drug-likeness (QED) is 0.666. The van der Waals surface area contributed by atoms with Crippen molar-refractivity contribution in [1.82, 2.24) is 9.38 Å². The van der Waals surface area contributed by atoms with Gasteiger partial charge in [-0.3, -0.25) is 0 Å². The van der Waals surface area contributed by atoms with Gasteiger partial charge in [0.15, 0.2) is 0 Å². The molecule has 0 amide bonds. The molecule has 20 heavy (non-hydrogen) atoms. The number of aromatic nitrogens is 2. The number of benzene rings is 1. The summed E-state index contributed by atoms with van der Waals surface area (Å²) in [5.74, 6) is 0.834. The molecule has 0 N–H and O–H groups in total. The van der Waals surface area contributed by atoms with E-state index in [1.54, 1.807) is 7.11 Å². The van der Waals surface area contributed by atoms with Crippen LogP contribution in [0.1, 0.15) is 12.6 Å². The van der Waals surface area contributed by atoms with E-state index in [9.17, 15) is 0 Å². The molecule has 0 spiro atoms. The minimum Gasteiger partial charge on any atom is -0.494 e. The molecule has 0 radical (unpaired) electrons. The summed E-state index contributed by atoms with van der Waals surface area (Å²) in [6.45, 7) is 2.00. The van der Waals surface area contributed by atoms with Gasteiger partial charge in [-0.1, -0.05) is 24.3 Å². The third-order valence-electron chi connectivity index (χ3n) is 3.25. The second kappa shape index (κ2) is 5.21. The molecule has 2 heterocycles. The highest BCUT2D eigenvalue weighted by Gasteiger charge is 2.09. The molecule has 100 valence electrons. The highest BCUT2D eigenvalue weighted by Crippen LogP contribution is 2.27. The summed E-state index contributed by atoms with van der Waals surface area (Å²) in [5, 5.41) is 0. The van der Waals surface area contributed by atoms with Crippen molar-refractivity contribution in [1.29, 1.82) is 0 Å². The molecule has 1 aromatic carbocycles. The van der Waals surface area contributed by atoms with Crippen LogP contribution in [0.4, 0.5) is 0 Å². The summed E-state index contributed by atoms with van der Waals surface area (Å²) in [4.78, 5) is 4.73. The molecule has 0 aliphatic heterocycles. The highest BCUT2D eigenvalue weighted by atomic mass is 16.5. The van der Waals surface area contributed by atoms with E-state index < -0.39 is 0 Å². The van der Waals surface area contributed by atoms with Crippen molar-refractivity contribution < 1.29 is 4.74 Å². The third kappa shape index (κ3) is 1.97. The Morgan fingerprint density at radius 3 is 2.85 bits per heavy atom. The normalized spacial score (nSPS) is 12.1. The molecule has 0 fully saturated rings. The summed E-state index contributed by atoms with van der Waals surface area (Å²) in [6, 6.07) is 10.0. The summed E-state index contributed by atoms with van der Waals surface area (Å²) in [7, 11) is 1.68. The summed E-state index contributed by atoms with van der Waals surface area (Å²) in [5.41, 5.74) is 3.95. The van der Waals surface area contributed by atoms with Crippen LogP contribution in [0, 0.1) is 0 Å². The van der Waals surface area contributed by atoms with Crippen LogP contribution in [0.25, 0.3) is 22.6 Å². The average molecular weight is 264 g/mol. The van der Waals surface area contributed by atoms with Gasteiger partial charge in [0.1, 0.15) is 11.3 Å². The topological polar surface area (TPSA) is 26.5 Å². The lowest BCUT2D eigenvalue weighted by Gasteiger charge is -2.09. The lowest BCUT2D eigenvalue weighted by molar-refractivity contribution is 0.418. The van der Waals surface area contributed by atoms with Crippen LogP contribution in [-0.4, -0.2) is 16.5 Å². The monoisotopic (exact) mass is 264 g/mol. The van der Waals surface area contributed by atoms with Crippen LogP contribution < -0.4 is 4.74 Å². The number of methoxy groups -OCH3 is 1. The molecule has 0 unspecified atom stereocenters. The first-order chi connectivity index (χ1) is 9.85. The minimum absolute atomic E-state index is 0.834. The maximum Gasteiger partial charge on any atom is 0.145 e. The molecule has 3 heteroatoms. The fourth-order valence-electron chi connectivity index (χ4n) is 2.36. The first-order valence-electron chi connectivity index (χ1n) is 6.58. The standard InChI is InChI=1S/C17H16N2O/c1-3-4-5-8-13-15-10-7-12-19(15)17-14(18-13)9-6-11-16(17)20-2/h3-12H,1-2H3/b4-3+,8-5+. The van der Waals surface area contributed by atoms with Gasteiger partial charge >= 0.3 is 0 Å². The maximum atomic E-state index is 5.45. The maximum absolute atomic E-state index is 5.45. The van der Waals surface area contributed by atoms with Crippen molar-refractivity contribution in [3.05, 3.63) is 60.5 Å². The van der Waals surface area contributed by atoms with Crippen LogP contribution in [-0.2, 0) is 0 Å². The number of rotatable bonds is 3. The molecule has 3 rings (SSSR count). The zero-order valence-corrected chi connectivity index (χ0v) is 11.6. The summed E-state index contributed by atoms with van der Waals surface area (Å²) >= 11 is 0. The van der Waals surface area contributed by atoms with Crippen LogP contribution in [0.2, 0.25) is 0 Å². The predicted molar refractivity (Wildman–Crippen MR) is 83.1 cm³/mol. The number of hydrogen-bond donors (Lipinski definition) is 0. The second-order valence-electron chi connectivity index (χ2n) is 4.47. The lowest BCUT2D eigenvalue weighted by Crippen LogP contribution is -1.96. The molecule has 3 nitrogen and oxygen atoms in total. The molecular weight excluding hydrogens is 248 g/mol. The Morgan fingerprint density at radius 2 is 2.05 bits per heavy atom.